The van der Waals surface area contributed by atoms with Gasteiger partial charge in [-0.2, -0.15) is 0 Å². The number of carboxylic acids is 1. The fraction of sp³-hybridized carbons (Fsp3) is 0.833. The number of hydrogen-bond donors (Lipinski definition) is 1. The molecule has 1 aliphatic heterocycles. The number of carboxylic acid groups (broad SMARTS) is 1. The molecule has 0 bridgehead atoms. The van der Waals surface area contributed by atoms with Crippen molar-refractivity contribution >= 4 is 11.9 Å². The van der Waals surface area contributed by atoms with Crippen molar-refractivity contribution in [2.24, 2.45) is 11.8 Å². The van der Waals surface area contributed by atoms with Crippen LogP contribution in [0.25, 0.3) is 0 Å². The van der Waals surface area contributed by atoms with Gasteiger partial charge in [0.05, 0.1) is 12.5 Å². The number of nitrogens with zero attached hydrogens (tertiary/aromatic N) is 1. The number of amides is 1. The van der Waals surface area contributed by atoms with E-state index in [0.29, 0.717) is 32.0 Å². The average molecular weight is 241 g/mol. The van der Waals surface area contributed by atoms with Crippen molar-refractivity contribution in [1.29, 1.82) is 0 Å². The van der Waals surface area contributed by atoms with Crippen LogP contribution in [0.5, 0.6) is 0 Å². The van der Waals surface area contributed by atoms with Crippen LogP contribution in [0.1, 0.15) is 25.7 Å². The molecule has 2 fully saturated rings. The molecule has 1 heterocycles. The van der Waals surface area contributed by atoms with E-state index in [2.05, 4.69) is 0 Å². The lowest BCUT2D eigenvalue weighted by atomic mass is 9.98. The molecule has 0 aromatic rings. The molecule has 1 saturated carbocycles. The van der Waals surface area contributed by atoms with Crippen LogP contribution in [0.15, 0.2) is 0 Å². The summed E-state index contributed by atoms with van der Waals surface area (Å²) in [7, 11) is 0. The highest BCUT2D eigenvalue weighted by atomic mass is 16.5. The molecule has 0 aromatic carbocycles. The number of carbonyl (C=O) groups excluding carboxylic acids is 1. The van der Waals surface area contributed by atoms with E-state index in [1.165, 1.54) is 12.8 Å². The molecular weight excluding hydrogens is 222 g/mol. The van der Waals surface area contributed by atoms with Crippen molar-refractivity contribution in [3.05, 3.63) is 0 Å². The average Bonchev–Trinajstić information content (AvgIpc) is 3.13. The van der Waals surface area contributed by atoms with Crippen LogP contribution in [0.4, 0.5) is 0 Å². The van der Waals surface area contributed by atoms with Crippen molar-refractivity contribution in [2.75, 3.05) is 26.3 Å². The SMILES string of the molecule is O=C(O)[C@H]1CCCN(C(=O)COCC2CC2)C1. The lowest BCUT2D eigenvalue weighted by molar-refractivity contribution is -0.147. The first-order valence-electron chi connectivity index (χ1n) is 6.25. The van der Waals surface area contributed by atoms with Gasteiger partial charge in [0, 0.05) is 13.1 Å². The van der Waals surface area contributed by atoms with Crippen LogP contribution in [-0.4, -0.2) is 48.2 Å². The maximum atomic E-state index is 11.8. The summed E-state index contributed by atoms with van der Waals surface area (Å²) in [6.45, 7) is 1.77. The smallest absolute Gasteiger partial charge is 0.308 e. The number of piperidine rings is 1. The Hall–Kier alpha value is -1.10. The molecule has 1 N–H and O–H groups in total. The Morgan fingerprint density at radius 1 is 1.29 bits per heavy atom. The van der Waals surface area contributed by atoms with Crippen molar-refractivity contribution < 1.29 is 19.4 Å². The van der Waals surface area contributed by atoms with E-state index >= 15 is 0 Å². The quantitative estimate of drug-likeness (QED) is 0.770. The lowest BCUT2D eigenvalue weighted by Crippen LogP contribution is -2.43. The van der Waals surface area contributed by atoms with Gasteiger partial charge in [0.2, 0.25) is 5.91 Å². The van der Waals surface area contributed by atoms with Gasteiger partial charge in [-0.05, 0) is 31.6 Å². The highest BCUT2D eigenvalue weighted by Gasteiger charge is 2.28. The normalized spacial score (nSPS) is 24.7. The molecule has 2 aliphatic rings. The van der Waals surface area contributed by atoms with Crippen molar-refractivity contribution in [3.63, 3.8) is 0 Å². The summed E-state index contributed by atoms with van der Waals surface area (Å²) in [6, 6.07) is 0. The summed E-state index contributed by atoms with van der Waals surface area (Å²) in [5.41, 5.74) is 0. The maximum Gasteiger partial charge on any atom is 0.308 e. The third kappa shape index (κ3) is 3.70. The number of aliphatic carboxylic acids is 1. The summed E-state index contributed by atoms with van der Waals surface area (Å²) in [4.78, 5) is 24.3. The van der Waals surface area contributed by atoms with Gasteiger partial charge < -0.3 is 14.7 Å². The van der Waals surface area contributed by atoms with Gasteiger partial charge in [-0.1, -0.05) is 0 Å². The minimum Gasteiger partial charge on any atom is -0.481 e. The van der Waals surface area contributed by atoms with Gasteiger partial charge in [-0.3, -0.25) is 9.59 Å². The van der Waals surface area contributed by atoms with Crippen molar-refractivity contribution in [3.8, 4) is 0 Å². The molecule has 5 heteroatoms. The third-order valence-corrected chi connectivity index (χ3v) is 3.40. The Bertz CT molecular complexity index is 301. The molecule has 96 valence electrons. The summed E-state index contributed by atoms with van der Waals surface area (Å²) in [6.07, 6.45) is 3.85. The van der Waals surface area contributed by atoms with E-state index in [4.69, 9.17) is 9.84 Å². The molecular formula is C12H19NO4. The van der Waals surface area contributed by atoms with Gasteiger partial charge in [0.1, 0.15) is 6.61 Å². The van der Waals surface area contributed by atoms with Crippen molar-refractivity contribution in [2.45, 2.75) is 25.7 Å². The second kappa shape index (κ2) is 5.49. The highest BCUT2D eigenvalue weighted by molar-refractivity contribution is 5.79. The van der Waals surface area contributed by atoms with E-state index in [1.807, 2.05) is 0 Å². The number of ether oxygens (including phenoxy) is 1. The zero-order valence-electron chi connectivity index (χ0n) is 9.93. The Balaban J connectivity index is 1.71. The van der Waals surface area contributed by atoms with Crippen LogP contribution in [-0.2, 0) is 14.3 Å². The van der Waals surface area contributed by atoms with E-state index in [0.717, 1.165) is 6.42 Å². The maximum absolute atomic E-state index is 11.8. The molecule has 17 heavy (non-hydrogen) atoms. The first-order chi connectivity index (χ1) is 8.16. The monoisotopic (exact) mass is 241 g/mol. The van der Waals surface area contributed by atoms with Gasteiger partial charge in [0.25, 0.3) is 0 Å². The zero-order chi connectivity index (χ0) is 12.3. The first kappa shape index (κ1) is 12.4. The fourth-order valence-electron chi connectivity index (χ4n) is 2.09. The van der Waals surface area contributed by atoms with Gasteiger partial charge >= 0.3 is 5.97 Å². The molecule has 0 aromatic heterocycles. The molecule has 2 rings (SSSR count). The minimum atomic E-state index is -0.804. The standard InChI is InChI=1S/C12H19NO4/c14-11(8-17-7-9-3-4-9)13-5-1-2-10(6-13)12(15)16/h9-10H,1-8H2,(H,15,16)/t10-/m0/s1. The van der Waals surface area contributed by atoms with Crippen LogP contribution < -0.4 is 0 Å². The van der Waals surface area contributed by atoms with Crippen LogP contribution in [0.2, 0.25) is 0 Å². The largest absolute Gasteiger partial charge is 0.481 e. The first-order valence-corrected chi connectivity index (χ1v) is 6.25. The van der Waals surface area contributed by atoms with E-state index in [-0.39, 0.29) is 12.5 Å². The Kier molecular flexibility index (Phi) is 3.99. The molecule has 1 aliphatic carbocycles. The number of rotatable bonds is 5. The fourth-order valence-corrected chi connectivity index (χ4v) is 2.09. The van der Waals surface area contributed by atoms with E-state index in [1.54, 1.807) is 4.90 Å². The zero-order valence-corrected chi connectivity index (χ0v) is 9.93. The second-order valence-electron chi connectivity index (χ2n) is 4.98. The van der Waals surface area contributed by atoms with Crippen molar-refractivity contribution in [1.82, 2.24) is 4.90 Å². The summed E-state index contributed by atoms with van der Waals surface area (Å²) >= 11 is 0. The molecule has 0 spiro atoms. The number of carbonyl (C=O) groups is 2. The predicted octanol–water partition coefficient (Wildman–Crippen LogP) is 0.736. The van der Waals surface area contributed by atoms with Gasteiger partial charge in [-0.15, -0.1) is 0 Å². The summed E-state index contributed by atoms with van der Waals surface area (Å²) in [5, 5.41) is 8.93. The lowest BCUT2D eigenvalue weighted by Gasteiger charge is -2.30. The van der Waals surface area contributed by atoms with E-state index in [9.17, 15) is 9.59 Å². The predicted molar refractivity (Wildman–Crippen MR) is 60.5 cm³/mol. The Morgan fingerprint density at radius 2 is 2.06 bits per heavy atom. The van der Waals surface area contributed by atoms with Crippen LogP contribution in [0.3, 0.4) is 0 Å². The Labute approximate surface area is 101 Å². The molecule has 1 saturated heterocycles. The second-order valence-corrected chi connectivity index (χ2v) is 4.98. The highest BCUT2D eigenvalue weighted by Crippen LogP contribution is 2.28. The van der Waals surface area contributed by atoms with Gasteiger partial charge in [0.15, 0.2) is 0 Å². The molecule has 1 atom stereocenters. The van der Waals surface area contributed by atoms with Gasteiger partial charge in [-0.25, -0.2) is 0 Å². The van der Waals surface area contributed by atoms with E-state index < -0.39 is 11.9 Å². The Morgan fingerprint density at radius 3 is 2.71 bits per heavy atom. The molecule has 0 unspecified atom stereocenters. The van der Waals surface area contributed by atoms with Crippen LogP contribution in [0, 0.1) is 11.8 Å². The minimum absolute atomic E-state index is 0.0726. The van der Waals surface area contributed by atoms with Crippen LogP contribution >= 0.6 is 0 Å². The summed E-state index contributed by atoms with van der Waals surface area (Å²) < 4.78 is 5.33. The third-order valence-electron chi connectivity index (χ3n) is 3.40. The number of hydrogen-bond acceptors (Lipinski definition) is 3. The topological polar surface area (TPSA) is 66.8 Å². The molecule has 1 amide bonds. The molecule has 0 radical (unpaired) electrons. The molecule has 5 nitrogen and oxygen atoms in total. The number of likely N-dealkylation sites (tertiary alicyclic amines) is 1. The summed E-state index contributed by atoms with van der Waals surface area (Å²) in [5.74, 6) is -0.634.